The summed E-state index contributed by atoms with van der Waals surface area (Å²) in [6.07, 6.45) is 4.73. The summed E-state index contributed by atoms with van der Waals surface area (Å²) < 4.78 is 40.4. The Labute approximate surface area is 164 Å². The van der Waals surface area contributed by atoms with Crippen LogP contribution in [-0.4, -0.2) is 33.4 Å². The van der Waals surface area contributed by atoms with Gasteiger partial charge in [-0.15, -0.1) is 0 Å². The summed E-state index contributed by atoms with van der Waals surface area (Å²) in [6, 6.07) is 0. The summed E-state index contributed by atoms with van der Waals surface area (Å²) in [5.74, 6) is -5.77. The Morgan fingerprint density at radius 2 is 1.78 bits per heavy atom. The molecule has 0 aliphatic heterocycles. The second-order valence-corrected chi connectivity index (χ2v) is 15.3. The van der Waals surface area contributed by atoms with Crippen LogP contribution in [0.4, 0.5) is 8.78 Å². The maximum absolute atomic E-state index is 14.6. The molecule has 0 amide bonds. The fraction of sp³-hybridized carbons (Fsp3) is 0.952. The predicted molar refractivity (Wildman–Crippen MR) is 106 cm³/mol. The second kappa shape index (κ2) is 7.40. The van der Waals surface area contributed by atoms with Gasteiger partial charge in [-0.1, -0.05) is 41.0 Å². The van der Waals surface area contributed by atoms with E-state index < -0.39 is 26.1 Å². The number of rotatable bonds is 5. The van der Waals surface area contributed by atoms with E-state index in [1.165, 1.54) is 6.92 Å². The summed E-state index contributed by atoms with van der Waals surface area (Å²) in [5, 5.41) is 0.129. The lowest BCUT2D eigenvalue weighted by molar-refractivity contribution is -0.183. The highest BCUT2D eigenvalue weighted by Crippen LogP contribution is 2.60. The Bertz CT molecular complexity index is 558. The molecule has 158 valence electrons. The average molecular weight is 405 g/mol. The summed E-state index contributed by atoms with van der Waals surface area (Å²) in [4.78, 5) is 11.7. The third kappa shape index (κ3) is 3.98. The van der Waals surface area contributed by atoms with Gasteiger partial charge in [-0.05, 0) is 61.1 Å². The molecule has 27 heavy (non-hydrogen) atoms. The van der Waals surface area contributed by atoms with Crippen molar-refractivity contribution in [2.75, 3.05) is 7.11 Å². The topological polar surface area (TPSA) is 35.5 Å². The standard InChI is InChI=1S/C21H38F2O3Si/c1-14(21(22,23)18(24)25-6)15-11-12-16-17(10-9-13-20(15,16)5)26-27(7,8)19(2,3)4/h14-17H,9-13H2,1-8H3/t14-,15+,16-,17-,20+/m0/s1. The Morgan fingerprint density at radius 3 is 2.30 bits per heavy atom. The Morgan fingerprint density at radius 1 is 1.19 bits per heavy atom. The van der Waals surface area contributed by atoms with E-state index in [-0.39, 0.29) is 22.5 Å². The van der Waals surface area contributed by atoms with Crippen LogP contribution in [0.2, 0.25) is 18.1 Å². The third-order valence-electron chi connectivity index (χ3n) is 8.02. The van der Waals surface area contributed by atoms with Gasteiger partial charge in [0.05, 0.1) is 7.11 Å². The van der Waals surface area contributed by atoms with Crippen molar-refractivity contribution < 1.29 is 22.7 Å². The first kappa shape index (κ1) is 22.8. The van der Waals surface area contributed by atoms with Gasteiger partial charge in [0.2, 0.25) is 0 Å². The number of carbonyl (C=O) groups is 1. The van der Waals surface area contributed by atoms with Crippen molar-refractivity contribution in [3.8, 4) is 0 Å². The quantitative estimate of drug-likeness (QED) is 0.414. The molecule has 0 radical (unpaired) electrons. The second-order valence-electron chi connectivity index (χ2n) is 10.5. The van der Waals surface area contributed by atoms with E-state index in [2.05, 4.69) is 45.5 Å². The Hall–Kier alpha value is -0.493. The number of ether oxygens (including phenoxy) is 1. The maximum atomic E-state index is 14.6. The maximum Gasteiger partial charge on any atom is 0.377 e. The van der Waals surface area contributed by atoms with Crippen LogP contribution in [0.15, 0.2) is 0 Å². The van der Waals surface area contributed by atoms with Gasteiger partial charge < -0.3 is 9.16 Å². The Balaban J connectivity index is 2.24. The first-order valence-electron chi connectivity index (χ1n) is 10.3. The molecule has 2 aliphatic rings. The molecular formula is C21H38F2O3Si. The van der Waals surface area contributed by atoms with Gasteiger partial charge in [0.1, 0.15) is 0 Å². The van der Waals surface area contributed by atoms with Crippen LogP contribution in [0.3, 0.4) is 0 Å². The van der Waals surface area contributed by atoms with E-state index in [9.17, 15) is 13.6 Å². The predicted octanol–water partition coefficient (Wildman–Crippen LogP) is 6.04. The van der Waals surface area contributed by atoms with Crippen LogP contribution in [-0.2, 0) is 14.0 Å². The summed E-state index contributed by atoms with van der Waals surface area (Å²) in [7, 11) is -0.883. The molecule has 0 saturated heterocycles. The molecule has 0 bridgehead atoms. The van der Waals surface area contributed by atoms with Gasteiger partial charge >= 0.3 is 11.9 Å². The third-order valence-corrected chi connectivity index (χ3v) is 12.5. The molecule has 5 atom stereocenters. The lowest BCUT2D eigenvalue weighted by Crippen LogP contribution is -2.51. The van der Waals surface area contributed by atoms with Crippen LogP contribution in [0.5, 0.6) is 0 Å². The molecular weight excluding hydrogens is 366 g/mol. The summed E-state index contributed by atoms with van der Waals surface area (Å²) in [5.41, 5.74) is -0.206. The molecule has 0 spiro atoms. The number of hydrogen-bond donors (Lipinski definition) is 0. The molecule has 6 heteroatoms. The molecule has 0 N–H and O–H groups in total. The monoisotopic (exact) mass is 404 g/mol. The van der Waals surface area contributed by atoms with Gasteiger partial charge in [-0.3, -0.25) is 0 Å². The van der Waals surface area contributed by atoms with Crippen molar-refractivity contribution >= 4 is 14.3 Å². The van der Waals surface area contributed by atoms with Crippen LogP contribution in [0.25, 0.3) is 0 Å². The van der Waals surface area contributed by atoms with Crippen LogP contribution >= 0.6 is 0 Å². The number of hydrogen-bond acceptors (Lipinski definition) is 3. The van der Waals surface area contributed by atoms with Gasteiger partial charge in [-0.25, -0.2) is 4.79 Å². The molecule has 2 fully saturated rings. The normalized spacial score (nSPS) is 33.5. The zero-order valence-corrected chi connectivity index (χ0v) is 19.3. The lowest BCUT2D eigenvalue weighted by atomic mass is 9.61. The van der Waals surface area contributed by atoms with Gasteiger partial charge in [0, 0.05) is 12.0 Å². The van der Waals surface area contributed by atoms with Crippen molar-refractivity contribution in [1.29, 1.82) is 0 Å². The lowest BCUT2D eigenvalue weighted by Gasteiger charge is -2.50. The van der Waals surface area contributed by atoms with E-state index in [0.717, 1.165) is 39.2 Å². The average Bonchev–Trinajstić information content (AvgIpc) is 2.89. The van der Waals surface area contributed by atoms with Crippen molar-refractivity contribution in [2.45, 2.75) is 96.9 Å². The molecule has 0 aromatic rings. The van der Waals surface area contributed by atoms with Crippen LogP contribution < -0.4 is 0 Å². The minimum absolute atomic E-state index is 0.129. The van der Waals surface area contributed by atoms with E-state index >= 15 is 0 Å². The highest BCUT2D eigenvalue weighted by atomic mass is 28.4. The molecule has 2 aliphatic carbocycles. The first-order valence-corrected chi connectivity index (χ1v) is 13.2. The summed E-state index contributed by atoms with van der Waals surface area (Å²) in [6.45, 7) is 14.9. The van der Waals surface area contributed by atoms with Crippen molar-refractivity contribution in [2.24, 2.45) is 23.2 Å². The molecule has 0 unspecified atom stereocenters. The Kier molecular flexibility index (Phi) is 6.24. The highest BCUT2D eigenvalue weighted by Gasteiger charge is 2.60. The van der Waals surface area contributed by atoms with Gasteiger partial charge in [0.15, 0.2) is 8.32 Å². The summed E-state index contributed by atoms with van der Waals surface area (Å²) >= 11 is 0. The number of fused-ring (bicyclic) bond motifs is 1. The minimum Gasteiger partial charge on any atom is -0.465 e. The highest BCUT2D eigenvalue weighted by molar-refractivity contribution is 6.74. The number of halogens is 2. The van der Waals surface area contributed by atoms with E-state index in [1.54, 1.807) is 0 Å². The largest absolute Gasteiger partial charge is 0.465 e. The van der Waals surface area contributed by atoms with Crippen LogP contribution in [0, 0.1) is 23.2 Å². The fourth-order valence-electron chi connectivity index (χ4n) is 5.25. The number of methoxy groups -OCH3 is 1. The first-order chi connectivity index (χ1) is 12.2. The van der Waals surface area contributed by atoms with E-state index in [1.807, 2.05) is 0 Å². The number of carbonyl (C=O) groups excluding carboxylic acids is 1. The van der Waals surface area contributed by atoms with Crippen molar-refractivity contribution in [3.05, 3.63) is 0 Å². The van der Waals surface area contributed by atoms with E-state index in [0.29, 0.717) is 5.92 Å². The number of esters is 1. The minimum atomic E-state index is -3.44. The molecule has 0 heterocycles. The van der Waals surface area contributed by atoms with E-state index in [4.69, 9.17) is 4.43 Å². The fourth-order valence-corrected chi connectivity index (χ4v) is 6.64. The van der Waals surface area contributed by atoms with Crippen molar-refractivity contribution in [1.82, 2.24) is 0 Å². The SMILES string of the molecule is COC(=O)C(F)(F)[C@@H](C)[C@H]1CC[C@H]2[C@@H](O[Si](C)(C)C(C)(C)C)CCC[C@]12C. The molecule has 2 saturated carbocycles. The molecule has 3 nitrogen and oxygen atoms in total. The van der Waals surface area contributed by atoms with Gasteiger partial charge in [-0.2, -0.15) is 8.78 Å². The molecule has 2 rings (SSSR count). The number of alkyl halides is 2. The van der Waals surface area contributed by atoms with Crippen LogP contribution in [0.1, 0.15) is 66.7 Å². The van der Waals surface area contributed by atoms with Crippen molar-refractivity contribution in [3.63, 3.8) is 0 Å². The zero-order chi connectivity index (χ0) is 20.8. The zero-order valence-electron chi connectivity index (χ0n) is 18.3. The van der Waals surface area contributed by atoms with Gasteiger partial charge in [0.25, 0.3) is 0 Å². The molecule has 0 aromatic carbocycles. The molecule has 0 aromatic heterocycles. The smallest absolute Gasteiger partial charge is 0.377 e.